The van der Waals surface area contributed by atoms with Crippen molar-refractivity contribution in [3.8, 4) is 0 Å². The Labute approximate surface area is 182 Å². The van der Waals surface area contributed by atoms with Crippen molar-refractivity contribution < 1.29 is 22.7 Å². The molecule has 2 aliphatic heterocycles. The van der Waals surface area contributed by atoms with Crippen molar-refractivity contribution in [2.24, 2.45) is 0 Å². The molecule has 1 fully saturated rings. The lowest BCUT2D eigenvalue weighted by Gasteiger charge is -2.26. The molecule has 1 amide bonds. The maximum atomic E-state index is 13.4. The lowest BCUT2D eigenvalue weighted by molar-refractivity contribution is -0.135. The number of likely N-dealkylation sites (tertiary alicyclic amines) is 1. The molecule has 1 saturated heterocycles. The number of anilines is 1. The van der Waals surface area contributed by atoms with E-state index in [-0.39, 0.29) is 29.0 Å². The van der Waals surface area contributed by atoms with Gasteiger partial charge < -0.3 is 9.64 Å². The zero-order chi connectivity index (χ0) is 22.0. The van der Waals surface area contributed by atoms with Crippen molar-refractivity contribution in [1.29, 1.82) is 0 Å². The Bertz CT molecular complexity index is 1090. The first-order chi connectivity index (χ1) is 14.9. The first kappa shape index (κ1) is 21.4. The number of sulfonamides is 1. The number of nitrogens with zero attached hydrogens (tertiary/aromatic N) is 2. The van der Waals surface area contributed by atoms with Crippen LogP contribution in [0.1, 0.15) is 42.1 Å². The molecule has 0 radical (unpaired) electrons. The van der Waals surface area contributed by atoms with Crippen LogP contribution >= 0.6 is 0 Å². The molecule has 0 bridgehead atoms. The first-order valence-corrected chi connectivity index (χ1v) is 12.0. The Morgan fingerprint density at radius 3 is 2.55 bits per heavy atom. The van der Waals surface area contributed by atoms with Crippen LogP contribution < -0.4 is 4.31 Å². The van der Waals surface area contributed by atoms with E-state index in [0.717, 1.165) is 24.8 Å². The number of fused-ring (bicyclic) bond motifs is 1. The molecule has 2 aliphatic rings. The molecule has 0 spiro atoms. The minimum absolute atomic E-state index is 0.0212. The van der Waals surface area contributed by atoms with E-state index in [4.69, 9.17) is 4.74 Å². The maximum Gasteiger partial charge on any atom is 0.338 e. The van der Waals surface area contributed by atoms with Gasteiger partial charge in [0, 0.05) is 19.1 Å². The summed E-state index contributed by atoms with van der Waals surface area (Å²) in [6.07, 6.45) is 3.65. The number of benzene rings is 2. The first-order valence-electron chi connectivity index (χ1n) is 10.6. The molecule has 0 N–H and O–H groups in total. The second kappa shape index (κ2) is 8.70. The van der Waals surface area contributed by atoms with Gasteiger partial charge in [0.05, 0.1) is 16.1 Å². The van der Waals surface area contributed by atoms with Gasteiger partial charge in [0.25, 0.3) is 15.9 Å². The Morgan fingerprint density at radius 1 is 1.03 bits per heavy atom. The Kier molecular flexibility index (Phi) is 6.00. The normalized spacial score (nSPS) is 18.5. The number of piperidine rings is 1. The van der Waals surface area contributed by atoms with E-state index >= 15 is 0 Å². The fraction of sp³-hybridized carbons (Fsp3) is 0.391. The molecule has 0 saturated carbocycles. The summed E-state index contributed by atoms with van der Waals surface area (Å²) < 4.78 is 33.3. The van der Waals surface area contributed by atoms with Gasteiger partial charge in [-0.3, -0.25) is 9.10 Å². The quantitative estimate of drug-likeness (QED) is 0.665. The molecule has 4 rings (SSSR count). The van der Waals surface area contributed by atoms with Gasteiger partial charge in [-0.1, -0.05) is 24.3 Å². The zero-order valence-electron chi connectivity index (χ0n) is 17.5. The molecule has 2 heterocycles. The van der Waals surface area contributed by atoms with E-state index in [2.05, 4.69) is 0 Å². The van der Waals surface area contributed by atoms with Gasteiger partial charge in [-0.2, -0.15) is 0 Å². The highest BCUT2D eigenvalue weighted by atomic mass is 32.2. The molecule has 164 valence electrons. The highest BCUT2D eigenvalue weighted by Crippen LogP contribution is 2.36. The van der Waals surface area contributed by atoms with E-state index in [1.165, 1.54) is 28.6 Å². The summed E-state index contributed by atoms with van der Waals surface area (Å²) in [6.45, 7) is 2.88. The van der Waals surface area contributed by atoms with Crippen LogP contribution in [0, 0.1) is 0 Å². The number of rotatable bonds is 5. The summed E-state index contributed by atoms with van der Waals surface area (Å²) in [4.78, 5) is 26.4. The summed E-state index contributed by atoms with van der Waals surface area (Å²) in [6, 6.07) is 13.0. The van der Waals surface area contributed by atoms with Crippen LogP contribution in [0.25, 0.3) is 0 Å². The van der Waals surface area contributed by atoms with Crippen LogP contribution in [-0.2, 0) is 26.0 Å². The standard InChI is InChI=1S/C23H26N2O5S/c1-17-14-18-8-3-4-11-21(18)25(17)31(28,29)20-10-7-9-19(15-20)23(27)30-16-22(26)24-12-5-2-6-13-24/h3-4,7-11,15,17H,2,5-6,12-14,16H2,1H3. The second-order valence-corrected chi connectivity index (χ2v) is 9.84. The van der Waals surface area contributed by atoms with Crippen molar-refractivity contribution >= 4 is 27.6 Å². The van der Waals surface area contributed by atoms with Crippen molar-refractivity contribution in [1.82, 2.24) is 4.90 Å². The number of hydrogen-bond acceptors (Lipinski definition) is 5. The Balaban J connectivity index is 1.50. The molecular formula is C23H26N2O5S. The highest BCUT2D eigenvalue weighted by molar-refractivity contribution is 7.92. The largest absolute Gasteiger partial charge is 0.452 e. The summed E-state index contributed by atoms with van der Waals surface area (Å²) in [7, 11) is -3.86. The molecule has 0 aromatic heterocycles. The van der Waals surface area contributed by atoms with Gasteiger partial charge in [-0.05, 0) is 62.4 Å². The summed E-state index contributed by atoms with van der Waals surface area (Å²) in [5, 5.41) is 0. The van der Waals surface area contributed by atoms with Crippen LogP contribution in [-0.4, -0.2) is 50.9 Å². The van der Waals surface area contributed by atoms with Crippen molar-refractivity contribution in [3.63, 3.8) is 0 Å². The van der Waals surface area contributed by atoms with Gasteiger partial charge in [0.15, 0.2) is 6.61 Å². The SMILES string of the molecule is CC1Cc2ccccc2N1S(=O)(=O)c1cccc(C(=O)OCC(=O)N2CCCCC2)c1. The van der Waals surface area contributed by atoms with Crippen molar-refractivity contribution in [2.45, 2.75) is 43.5 Å². The van der Waals surface area contributed by atoms with E-state index in [9.17, 15) is 18.0 Å². The summed E-state index contributed by atoms with van der Waals surface area (Å²) in [5.74, 6) is -0.934. The van der Waals surface area contributed by atoms with E-state index in [1.54, 1.807) is 11.0 Å². The van der Waals surface area contributed by atoms with Crippen LogP contribution in [0.15, 0.2) is 53.4 Å². The van der Waals surface area contributed by atoms with Crippen LogP contribution in [0.4, 0.5) is 5.69 Å². The number of carbonyl (C=O) groups is 2. The zero-order valence-corrected chi connectivity index (χ0v) is 18.3. The van der Waals surface area contributed by atoms with Crippen molar-refractivity contribution in [3.05, 3.63) is 59.7 Å². The van der Waals surface area contributed by atoms with Crippen LogP contribution in [0.3, 0.4) is 0 Å². The monoisotopic (exact) mass is 442 g/mol. The van der Waals surface area contributed by atoms with Crippen molar-refractivity contribution in [2.75, 3.05) is 24.0 Å². The Morgan fingerprint density at radius 2 is 1.77 bits per heavy atom. The molecule has 1 unspecified atom stereocenters. The molecular weight excluding hydrogens is 416 g/mol. The van der Waals surface area contributed by atoms with Gasteiger partial charge in [-0.25, -0.2) is 13.2 Å². The van der Waals surface area contributed by atoms with E-state index < -0.39 is 16.0 Å². The fourth-order valence-electron chi connectivity index (χ4n) is 4.25. The van der Waals surface area contributed by atoms with E-state index in [1.807, 2.05) is 25.1 Å². The third-order valence-corrected chi connectivity index (χ3v) is 7.73. The number of amides is 1. The molecule has 1 atom stereocenters. The average Bonchev–Trinajstić information content (AvgIpc) is 3.14. The average molecular weight is 443 g/mol. The summed E-state index contributed by atoms with van der Waals surface area (Å²) in [5.41, 5.74) is 1.74. The highest BCUT2D eigenvalue weighted by Gasteiger charge is 2.36. The van der Waals surface area contributed by atoms with Gasteiger partial charge in [0.2, 0.25) is 0 Å². The molecule has 0 aliphatic carbocycles. The van der Waals surface area contributed by atoms with Gasteiger partial charge >= 0.3 is 5.97 Å². The number of para-hydroxylation sites is 1. The third kappa shape index (κ3) is 4.30. The second-order valence-electron chi connectivity index (χ2n) is 8.03. The molecule has 2 aromatic carbocycles. The number of ether oxygens (including phenoxy) is 1. The molecule has 8 heteroatoms. The van der Waals surface area contributed by atoms with Gasteiger partial charge in [0.1, 0.15) is 0 Å². The molecule has 7 nitrogen and oxygen atoms in total. The predicted molar refractivity (Wildman–Crippen MR) is 116 cm³/mol. The third-order valence-electron chi connectivity index (χ3n) is 5.81. The van der Waals surface area contributed by atoms with E-state index in [0.29, 0.717) is 25.2 Å². The maximum absolute atomic E-state index is 13.4. The van der Waals surface area contributed by atoms with Crippen LogP contribution in [0.2, 0.25) is 0 Å². The smallest absolute Gasteiger partial charge is 0.338 e. The topological polar surface area (TPSA) is 84.0 Å². The van der Waals surface area contributed by atoms with Gasteiger partial charge in [-0.15, -0.1) is 0 Å². The summed E-state index contributed by atoms with van der Waals surface area (Å²) >= 11 is 0. The predicted octanol–water partition coefficient (Wildman–Crippen LogP) is 3.00. The minimum Gasteiger partial charge on any atom is -0.452 e. The lowest BCUT2D eigenvalue weighted by atomic mass is 10.1. The fourth-order valence-corrected chi connectivity index (χ4v) is 5.98. The number of carbonyl (C=O) groups excluding carboxylic acids is 2. The number of hydrogen-bond donors (Lipinski definition) is 0. The number of esters is 1. The Hall–Kier alpha value is -2.87. The molecule has 2 aromatic rings. The molecule has 31 heavy (non-hydrogen) atoms. The van der Waals surface area contributed by atoms with Crippen LogP contribution in [0.5, 0.6) is 0 Å². The lowest BCUT2D eigenvalue weighted by Crippen LogP contribution is -2.38. The minimum atomic E-state index is -3.86.